The van der Waals surface area contributed by atoms with Crippen LogP contribution in [-0.4, -0.2) is 11.8 Å². The average Bonchev–Trinajstić information content (AvgIpc) is 3.00. The van der Waals surface area contributed by atoms with Gasteiger partial charge in [0.15, 0.2) is 0 Å². The zero-order valence-electron chi connectivity index (χ0n) is 9.12. The summed E-state index contributed by atoms with van der Waals surface area (Å²) in [5.41, 5.74) is 1.71. The molecule has 0 unspecified atom stereocenters. The number of aryl methyl sites for hydroxylation is 1. The molecule has 1 aromatic carbocycles. The lowest BCUT2D eigenvalue weighted by Gasteiger charge is -2.10. The van der Waals surface area contributed by atoms with Crippen LogP contribution in [0.15, 0.2) is 24.3 Å². The second kappa shape index (κ2) is 2.94. The molecule has 16 heavy (non-hydrogen) atoms. The molecule has 0 aromatic heterocycles. The van der Waals surface area contributed by atoms with E-state index in [-0.39, 0.29) is 17.7 Å². The van der Waals surface area contributed by atoms with Crippen LogP contribution < -0.4 is 5.32 Å². The fraction of sp³-hybridized carbons (Fsp3) is 0.385. The van der Waals surface area contributed by atoms with E-state index in [1.165, 1.54) is 5.56 Å². The highest BCUT2D eigenvalue weighted by atomic mass is 16.2. The third-order valence-electron chi connectivity index (χ3n) is 3.80. The summed E-state index contributed by atoms with van der Waals surface area (Å²) in [5, 5.41) is 2.41. The van der Waals surface area contributed by atoms with Gasteiger partial charge in [0.25, 0.3) is 0 Å². The molecule has 2 aliphatic rings. The predicted molar refractivity (Wildman–Crippen MR) is 58.8 cm³/mol. The topological polar surface area (TPSA) is 46.2 Å². The summed E-state index contributed by atoms with van der Waals surface area (Å²) in [5.74, 6) is -0.344. The minimum Gasteiger partial charge on any atom is -0.295 e. The normalized spacial score (nSPS) is 31.2. The van der Waals surface area contributed by atoms with Gasteiger partial charge < -0.3 is 0 Å². The van der Waals surface area contributed by atoms with E-state index in [2.05, 4.69) is 12.2 Å². The van der Waals surface area contributed by atoms with Crippen LogP contribution in [0.3, 0.4) is 0 Å². The van der Waals surface area contributed by atoms with Gasteiger partial charge in [-0.25, -0.2) is 0 Å². The van der Waals surface area contributed by atoms with E-state index < -0.39 is 5.41 Å². The number of nitrogens with one attached hydrogen (secondary N) is 1. The lowest BCUT2D eigenvalue weighted by Crippen LogP contribution is -2.30. The molecule has 1 aliphatic carbocycles. The molecule has 1 aliphatic heterocycles. The summed E-state index contributed by atoms with van der Waals surface area (Å²) in [6.45, 7) is 2.10. The molecular weight excluding hydrogens is 202 g/mol. The lowest BCUT2D eigenvalue weighted by atomic mass is 9.93. The first-order chi connectivity index (χ1) is 7.68. The number of benzene rings is 1. The van der Waals surface area contributed by atoms with Crippen LogP contribution in [0.4, 0.5) is 0 Å². The predicted octanol–water partition coefficient (Wildman–Crippen LogP) is 1.16. The van der Waals surface area contributed by atoms with E-state index in [1.54, 1.807) is 0 Å². The van der Waals surface area contributed by atoms with E-state index in [4.69, 9.17) is 0 Å². The van der Waals surface area contributed by atoms with Crippen molar-refractivity contribution in [3.63, 3.8) is 0 Å². The SMILES string of the molecule is CCc1ccc([C@@]23C[C@@H]2C(=O)NC3=O)cc1. The van der Waals surface area contributed by atoms with Crippen LogP contribution >= 0.6 is 0 Å². The average molecular weight is 215 g/mol. The highest BCUT2D eigenvalue weighted by Gasteiger charge is 2.69. The summed E-state index contributed by atoms with van der Waals surface area (Å²) in [6.07, 6.45) is 1.67. The first-order valence-corrected chi connectivity index (χ1v) is 5.63. The van der Waals surface area contributed by atoms with Gasteiger partial charge in [-0.2, -0.15) is 0 Å². The van der Waals surface area contributed by atoms with Crippen LogP contribution in [0, 0.1) is 5.92 Å². The first-order valence-electron chi connectivity index (χ1n) is 5.63. The van der Waals surface area contributed by atoms with Crippen LogP contribution in [-0.2, 0) is 21.4 Å². The zero-order valence-corrected chi connectivity index (χ0v) is 9.12. The Morgan fingerprint density at radius 1 is 1.31 bits per heavy atom. The van der Waals surface area contributed by atoms with Gasteiger partial charge in [0.1, 0.15) is 0 Å². The maximum absolute atomic E-state index is 11.8. The third-order valence-corrected chi connectivity index (χ3v) is 3.80. The number of carbonyl (C=O) groups is 2. The van der Waals surface area contributed by atoms with Gasteiger partial charge in [0, 0.05) is 0 Å². The van der Waals surface area contributed by atoms with Crippen molar-refractivity contribution >= 4 is 11.8 Å². The molecule has 2 fully saturated rings. The molecule has 1 saturated carbocycles. The van der Waals surface area contributed by atoms with E-state index >= 15 is 0 Å². The lowest BCUT2D eigenvalue weighted by molar-refractivity contribution is -0.127. The van der Waals surface area contributed by atoms with Crippen LogP contribution in [0.25, 0.3) is 0 Å². The highest BCUT2D eigenvalue weighted by Crippen LogP contribution is 2.57. The Kier molecular flexibility index (Phi) is 1.76. The number of carbonyl (C=O) groups excluding carboxylic acids is 2. The highest BCUT2D eigenvalue weighted by molar-refractivity contribution is 6.15. The smallest absolute Gasteiger partial charge is 0.238 e. The molecule has 0 bridgehead atoms. The Balaban J connectivity index is 1.99. The molecule has 1 N–H and O–H groups in total. The van der Waals surface area contributed by atoms with Gasteiger partial charge in [0.05, 0.1) is 11.3 Å². The van der Waals surface area contributed by atoms with Crippen LogP contribution in [0.1, 0.15) is 24.5 Å². The fourth-order valence-electron chi connectivity index (χ4n) is 2.63. The number of piperidine rings is 1. The van der Waals surface area contributed by atoms with Crippen molar-refractivity contribution in [2.45, 2.75) is 25.2 Å². The Hall–Kier alpha value is -1.64. The maximum Gasteiger partial charge on any atom is 0.238 e. The molecule has 3 nitrogen and oxygen atoms in total. The number of amides is 2. The second-order valence-electron chi connectivity index (χ2n) is 4.60. The minimum atomic E-state index is -0.524. The van der Waals surface area contributed by atoms with Crippen molar-refractivity contribution in [3.8, 4) is 0 Å². The fourth-order valence-corrected chi connectivity index (χ4v) is 2.63. The standard InChI is InChI=1S/C13H13NO2/c1-2-8-3-5-9(6-4-8)13-7-10(13)11(15)14-12(13)16/h3-6,10H,2,7H2,1H3,(H,14,15,16)/t10-,13+/m1/s1. The van der Waals surface area contributed by atoms with Gasteiger partial charge in [-0.05, 0) is 24.0 Å². The number of rotatable bonds is 2. The van der Waals surface area contributed by atoms with Crippen molar-refractivity contribution in [1.82, 2.24) is 5.32 Å². The molecule has 2 amide bonds. The van der Waals surface area contributed by atoms with E-state index in [1.807, 2.05) is 24.3 Å². The van der Waals surface area contributed by atoms with Gasteiger partial charge in [0.2, 0.25) is 11.8 Å². The van der Waals surface area contributed by atoms with Crippen molar-refractivity contribution in [1.29, 1.82) is 0 Å². The van der Waals surface area contributed by atoms with Gasteiger partial charge >= 0.3 is 0 Å². The summed E-state index contributed by atoms with van der Waals surface area (Å²) in [7, 11) is 0. The third kappa shape index (κ3) is 1.03. The van der Waals surface area contributed by atoms with E-state index in [0.717, 1.165) is 12.0 Å². The van der Waals surface area contributed by atoms with Crippen molar-refractivity contribution in [3.05, 3.63) is 35.4 Å². The van der Waals surface area contributed by atoms with E-state index in [9.17, 15) is 9.59 Å². The summed E-state index contributed by atoms with van der Waals surface area (Å²) < 4.78 is 0. The number of fused-ring (bicyclic) bond motifs is 1. The van der Waals surface area contributed by atoms with Gasteiger partial charge in [-0.3, -0.25) is 14.9 Å². The molecule has 82 valence electrons. The Morgan fingerprint density at radius 3 is 2.44 bits per heavy atom. The second-order valence-corrected chi connectivity index (χ2v) is 4.60. The largest absolute Gasteiger partial charge is 0.295 e. The van der Waals surface area contributed by atoms with Crippen LogP contribution in [0.5, 0.6) is 0 Å². The molecule has 2 atom stereocenters. The quantitative estimate of drug-likeness (QED) is 0.752. The molecular formula is C13H13NO2. The Bertz CT molecular complexity index is 477. The van der Waals surface area contributed by atoms with E-state index in [0.29, 0.717) is 6.42 Å². The molecule has 3 heteroatoms. The summed E-state index contributed by atoms with van der Waals surface area (Å²) in [6, 6.07) is 8.04. The molecule has 0 radical (unpaired) electrons. The Labute approximate surface area is 93.8 Å². The van der Waals surface area contributed by atoms with Crippen molar-refractivity contribution < 1.29 is 9.59 Å². The Morgan fingerprint density at radius 2 is 2.00 bits per heavy atom. The molecule has 0 spiro atoms. The molecule has 1 heterocycles. The minimum absolute atomic E-state index is 0.107. The maximum atomic E-state index is 11.8. The summed E-state index contributed by atoms with van der Waals surface area (Å²) in [4.78, 5) is 23.2. The number of hydrogen-bond donors (Lipinski definition) is 1. The zero-order chi connectivity index (χ0) is 11.3. The first kappa shape index (κ1) is 9.58. The monoisotopic (exact) mass is 215 g/mol. The molecule has 3 rings (SSSR count). The summed E-state index contributed by atoms with van der Waals surface area (Å²) >= 11 is 0. The van der Waals surface area contributed by atoms with Gasteiger partial charge in [-0.1, -0.05) is 31.2 Å². The molecule has 1 aromatic rings. The van der Waals surface area contributed by atoms with Crippen molar-refractivity contribution in [2.24, 2.45) is 5.92 Å². The molecule has 1 saturated heterocycles. The number of hydrogen-bond acceptors (Lipinski definition) is 2. The van der Waals surface area contributed by atoms with Gasteiger partial charge in [-0.15, -0.1) is 0 Å². The van der Waals surface area contributed by atoms with Crippen molar-refractivity contribution in [2.75, 3.05) is 0 Å². The number of imide groups is 1. The van der Waals surface area contributed by atoms with Crippen LogP contribution in [0.2, 0.25) is 0 Å².